The number of aromatic nitrogens is 3. The Morgan fingerprint density at radius 1 is 1.28 bits per heavy atom. The van der Waals surface area contributed by atoms with Gasteiger partial charge in [-0.2, -0.15) is 15.2 Å². The fraction of sp³-hybridized carbons (Fsp3) is 0.167. The number of pyridine rings is 1. The lowest BCUT2D eigenvalue weighted by atomic mass is 10.2. The van der Waals surface area contributed by atoms with Crippen LogP contribution in [0, 0.1) is 0 Å². The molecular formula is C12H11N5O. The summed E-state index contributed by atoms with van der Waals surface area (Å²) in [5.74, 6) is -0.0563. The number of hydrazone groups is 1. The van der Waals surface area contributed by atoms with E-state index in [4.69, 9.17) is 0 Å². The van der Waals surface area contributed by atoms with E-state index in [0.717, 1.165) is 11.4 Å². The number of rotatable bonds is 2. The molecule has 90 valence electrons. The summed E-state index contributed by atoms with van der Waals surface area (Å²) in [6.07, 6.45) is 5.26. The highest BCUT2D eigenvalue weighted by molar-refractivity contribution is 6.18. The van der Waals surface area contributed by atoms with E-state index in [9.17, 15) is 4.79 Å². The minimum Gasteiger partial charge on any atom is -0.272 e. The van der Waals surface area contributed by atoms with Crippen molar-refractivity contribution >= 4 is 17.3 Å². The molecule has 0 bridgehead atoms. The number of amides is 1. The number of hydrogen-bond donors (Lipinski definition) is 0. The fourth-order valence-corrected chi connectivity index (χ4v) is 1.91. The Morgan fingerprint density at radius 3 is 2.83 bits per heavy atom. The van der Waals surface area contributed by atoms with Gasteiger partial charge in [0.2, 0.25) is 0 Å². The second kappa shape index (κ2) is 4.06. The molecule has 1 aliphatic rings. The van der Waals surface area contributed by atoms with Gasteiger partial charge in [-0.15, -0.1) is 0 Å². The van der Waals surface area contributed by atoms with Crippen molar-refractivity contribution in [1.29, 1.82) is 0 Å². The average Bonchev–Trinajstić information content (AvgIpc) is 2.96. The molecule has 0 atom stereocenters. The molecule has 6 heteroatoms. The molecule has 18 heavy (non-hydrogen) atoms. The second-order valence-corrected chi connectivity index (χ2v) is 3.98. The van der Waals surface area contributed by atoms with Gasteiger partial charge in [0.25, 0.3) is 5.91 Å². The Balaban J connectivity index is 1.97. The maximum Gasteiger partial charge on any atom is 0.253 e. The third kappa shape index (κ3) is 1.67. The maximum atomic E-state index is 11.9. The van der Waals surface area contributed by atoms with Crippen molar-refractivity contribution in [1.82, 2.24) is 14.8 Å². The van der Waals surface area contributed by atoms with Crippen molar-refractivity contribution in [2.45, 2.75) is 6.42 Å². The largest absolute Gasteiger partial charge is 0.272 e. The molecule has 0 N–H and O–H groups in total. The zero-order valence-electron chi connectivity index (χ0n) is 9.82. The van der Waals surface area contributed by atoms with Crippen molar-refractivity contribution in [3.8, 4) is 0 Å². The van der Waals surface area contributed by atoms with Crippen LogP contribution < -0.4 is 5.01 Å². The van der Waals surface area contributed by atoms with Gasteiger partial charge in [0.1, 0.15) is 0 Å². The van der Waals surface area contributed by atoms with Crippen LogP contribution in [-0.4, -0.2) is 26.4 Å². The van der Waals surface area contributed by atoms with Crippen LogP contribution in [0.1, 0.15) is 12.1 Å². The smallest absolute Gasteiger partial charge is 0.253 e. The van der Waals surface area contributed by atoms with Gasteiger partial charge in [-0.1, -0.05) is 0 Å². The lowest BCUT2D eigenvalue weighted by Crippen LogP contribution is -2.19. The van der Waals surface area contributed by atoms with Crippen LogP contribution in [0.2, 0.25) is 0 Å². The van der Waals surface area contributed by atoms with E-state index in [-0.39, 0.29) is 12.3 Å². The number of aryl methyl sites for hydroxylation is 1. The standard InChI is InChI=1S/C12H11N5O/c1-16-11(4-6-14-16)10-7-12(18)17(15-10)9-3-2-5-13-8-9/h2-6,8H,7H2,1H3. The van der Waals surface area contributed by atoms with Gasteiger partial charge in [-0.3, -0.25) is 14.5 Å². The predicted octanol–water partition coefficient (Wildman–Crippen LogP) is 0.956. The Hall–Kier alpha value is -2.50. The Kier molecular flexibility index (Phi) is 2.40. The molecule has 0 fully saturated rings. The van der Waals surface area contributed by atoms with Gasteiger partial charge < -0.3 is 0 Å². The molecule has 2 aromatic rings. The van der Waals surface area contributed by atoms with Gasteiger partial charge in [-0.25, -0.2) is 0 Å². The number of nitrogens with zero attached hydrogens (tertiary/aromatic N) is 5. The zero-order chi connectivity index (χ0) is 12.5. The van der Waals surface area contributed by atoms with Crippen LogP contribution in [0.25, 0.3) is 0 Å². The molecule has 1 amide bonds. The highest BCUT2D eigenvalue weighted by Gasteiger charge is 2.27. The maximum absolute atomic E-state index is 11.9. The summed E-state index contributed by atoms with van der Waals surface area (Å²) < 4.78 is 1.71. The van der Waals surface area contributed by atoms with Crippen molar-refractivity contribution in [2.75, 3.05) is 5.01 Å². The summed E-state index contributed by atoms with van der Waals surface area (Å²) >= 11 is 0. The molecule has 0 saturated heterocycles. The summed E-state index contributed by atoms with van der Waals surface area (Å²) in [6, 6.07) is 5.43. The molecule has 3 heterocycles. The Morgan fingerprint density at radius 2 is 2.17 bits per heavy atom. The molecule has 0 unspecified atom stereocenters. The summed E-state index contributed by atoms with van der Waals surface area (Å²) in [6.45, 7) is 0. The van der Waals surface area contributed by atoms with E-state index in [1.165, 1.54) is 5.01 Å². The van der Waals surface area contributed by atoms with Crippen LogP contribution in [0.5, 0.6) is 0 Å². The van der Waals surface area contributed by atoms with Crippen LogP contribution in [-0.2, 0) is 11.8 Å². The molecule has 0 radical (unpaired) electrons. The van der Waals surface area contributed by atoms with Gasteiger partial charge in [-0.05, 0) is 18.2 Å². The molecule has 0 saturated carbocycles. The molecule has 1 aliphatic heterocycles. The first-order valence-corrected chi connectivity index (χ1v) is 5.54. The van der Waals surface area contributed by atoms with Crippen molar-refractivity contribution in [3.05, 3.63) is 42.5 Å². The van der Waals surface area contributed by atoms with E-state index in [0.29, 0.717) is 5.69 Å². The first-order valence-electron chi connectivity index (χ1n) is 5.54. The minimum atomic E-state index is -0.0563. The number of hydrogen-bond acceptors (Lipinski definition) is 4. The summed E-state index contributed by atoms with van der Waals surface area (Å²) in [5.41, 5.74) is 2.26. The lowest BCUT2D eigenvalue weighted by Gasteiger charge is -2.09. The molecule has 3 rings (SSSR count). The van der Waals surface area contributed by atoms with Gasteiger partial charge in [0, 0.05) is 19.4 Å². The zero-order valence-corrected chi connectivity index (χ0v) is 9.82. The van der Waals surface area contributed by atoms with E-state index < -0.39 is 0 Å². The number of carbonyl (C=O) groups is 1. The summed E-state index contributed by atoms with van der Waals surface area (Å²) in [5, 5.41) is 9.80. The normalized spacial score (nSPS) is 15.1. The van der Waals surface area contributed by atoms with E-state index in [1.54, 1.807) is 35.4 Å². The van der Waals surface area contributed by atoms with Crippen molar-refractivity contribution in [3.63, 3.8) is 0 Å². The molecule has 0 aromatic carbocycles. The molecule has 6 nitrogen and oxygen atoms in total. The Labute approximate surface area is 104 Å². The molecule has 0 aliphatic carbocycles. The summed E-state index contributed by atoms with van der Waals surface area (Å²) in [7, 11) is 1.83. The number of carbonyl (C=O) groups excluding carboxylic acids is 1. The highest BCUT2D eigenvalue weighted by Crippen LogP contribution is 2.21. The fourth-order valence-electron chi connectivity index (χ4n) is 1.91. The topological polar surface area (TPSA) is 63.4 Å². The highest BCUT2D eigenvalue weighted by atomic mass is 16.2. The monoisotopic (exact) mass is 241 g/mol. The average molecular weight is 241 g/mol. The third-order valence-electron chi connectivity index (χ3n) is 2.78. The van der Waals surface area contributed by atoms with Gasteiger partial charge >= 0.3 is 0 Å². The first kappa shape index (κ1) is 10.6. The molecule has 2 aromatic heterocycles. The second-order valence-electron chi connectivity index (χ2n) is 3.98. The Bertz CT molecular complexity index is 616. The first-order chi connectivity index (χ1) is 8.75. The minimum absolute atomic E-state index is 0.0563. The molecular weight excluding hydrogens is 230 g/mol. The number of anilines is 1. The summed E-state index contributed by atoms with van der Waals surface area (Å²) in [4.78, 5) is 15.9. The quantitative estimate of drug-likeness (QED) is 0.786. The van der Waals surface area contributed by atoms with Crippen LogP contribution >= 0.6 is 0 Å². The van der Waals surface area contributed by atoms with Crippen LogP contribution in [0.15, 0.2) is 41.9 Å². The lowest BCUT2D eigenvalue weighted by molar-refractivity contribution is -0.116. The van der Waals surface area contributed by atoms with Crippen molar-refractivity contribution < 1.29 is 4.79 Å². The predicted molar refractivity (Wildman–Crippen MR) is 66.1 cm³/mol. The van der Waals surface area contributed by atoms with Crippen LogP contribution in [0.4, 0.5) is 5.69 Å². The van der Waals surface area contributed by atoms with Gasteiger partial charge in [0.05, 0.1) is 29.7 Å². The SMILES string of the molecule is Cn1nccc1C1=NN(c2cccnc2)C(=O)C1. The van der Waals surface area contributed by atoms with E-state index in [1.807, 2.05) is 13.1 Å². The van der Waals surface area contributed by atoms with E-state index >= 15 is 0 Å². The third-order valence-corrected chi connectivity index (χ3v) is 2.78. The van der Waals surface area contributed by atoms with E-state index in [2.05, 4.69) is 15.2 Å². The van der Waals surface area contributed by atoms with Gasteiger partial charge in [0.15, 0.2) is 0 Å². The van der Waals surface area contributed by atoms with Crippen LogP contribution in [0.3, 0.4) is 0 Å². The van der Waals surface area contributed by atoms with Crippen molar-refractivity contribution in [2.24, 2.45) is 12.1 Å². The molecule has 0 spiro atoms.